The maximum atomic E-state index is 13.1. The first-order chi connectivity index (χ1) is 15.7. The highest BCUT2D eigenvalue weighted by molar-refractivity contribution is 5.96. The van der Waals surface area contributed by atoms with Crippen LogP contribution in [0.4, 0.5) is 0 Å². The number of hydrogen-bond donors (Lipinski definition) is 1. The minimum atomic E-state index is -0.754. The Hall–Kier alpha value is -3.40. The highest BCUT2D eigenvalue weighted by Gasteiger charge is 2.33. The first-order valence-electron chi connectivity index (χ1n) is 11.3. The summed E-state index contributed by atoms with van der Waals surface area (Å²) in [6, 6.07) is 22.8. The molecule has 1 saturated carbocycles. The van der Waals surface area contributed by atoms with Crippen LogP contribution in [0.2, 0.25) is 0 Å². The summed E-state index contributed by atoms with van der Waals surface area (Å²) in [7, 11) is 0. The van der Waals surface area contributed by atoms with Gasteiger partial charge in [-0.05, 0) is 54.2 Å². The number of ether oxygens (including phenoxy) is 1. The summed E-state index contributed by atoms with van der Waals surface area (Å²) in [5, 5.41) is 5.23. The number of nitrogens with one attached hydrogen (secondary N) is 1. The molecule has 4 heteroatoms. The molecule has 1 amide bonds. The molecule has 0 aliphatic heterocycles. The van der Waals surface area contributed by atoms with E-state index in [-0.39, 0.29) is 17.9 Å². The van der Waals surface area contributed by atoms with E-state index in [9.17, 15) is 9.59 Å². The lowest BCUT2D eigenvalue weighted by Crippen LogP contribution is -2.43. The first kappa shape index (κ1) is 21.8. The minimum Gasteiger partial charge on any atom is -0.460 e. The highest BCUT2D eigenvalue weighted by atomic mass is 16.5. The van der Waals surface area contributed by atoms with Gasteiger partial charge in [0.1, 0.15) is 12.1 Å². The summed E-state index contributed by atoms with van der Waals surface area (Å²) in [5.74, 6) is -0.539. The van der Waals surface area contributed by atoms with Gasteiger partial charge in [-0.1, -0.05) is 73.2 Å². The molecule has 1 aliphatic rings. The van der Waals surface area contributed by atoms with Gasteiger partial charge in [-0.2, -0.15) is 0 Å². The largest absolute Gasteiger partial charge is 0.460 e. The summed E-state index contributed by atoms with van der Waals surface area (Å²) < 4.78 is 6.06. The van der Waals surface area contributed by atoms with E-state index in [1.807, 2.05) is 12.1 Å². The molecule has 32 heavy (non-hydrogen) atoms. The Morgan fingerprint density at radius 3 is 2.50 bits per heavy atom. The number of amides is 1. The molecule has 1 N–H and O–H groups in total. The van der Waals surface area contributed by atoms with Gasteiger partial charge in [-0.15, -0.1) is 6.58 Å². The van der Waals surface area contributed by atoms with Crippen LogP contribution in [0.15, 0.2) is 85.5 Å². The Bertz CT molecular complexity index is 1090. The van der Waals surface area contributed by atoms with E-state index in [1.54, 1.807) is 30.3 Å². The van der Waals surface area contributed by atoms with E-state index in [2.05, 4.69) is 48.3 Å². The zero-order valence-corrected chi connectivity index (χ0v) is 18.2. The van der Waals surface area contributed by atoms with Crippen LogP contribution < -0.4 is 5.32 Å². The molecule has 0 aromatic heterocycles. The minimum absolute atomic E-state index is 0.146. The number of benzene rings is 3. The first-order valence-corrected chi connectivity index (χ1v) is 11.3. The van der Waals surface area contributed by atoms with Gasteiger partial charge >= 0.3 is 5.97 Å². The van der Waals surface area contributed by atoms with Crippen molar-refractivity contribution in [2.75, 3.05) is 0 Å². The summed E-state index contributed by atoms with van der Waals surface area (Å²) in [4.78, 5) is 25.7. The van der Waals surface area contributed by atoms with Crippen LogP contribution in [-0.4, -0.2) is 24.0 Å². The number of rotatable bonds is 7. The smallest absolute Gasteiger partial charge is 0.329 e. The molecule has 1 aliphatic carbocycles. The van der Waals surface area contributed by atoms with Gasteiger partial charge in [0.15, 0.2) is 0 Å². The van der Waals surface area contributed by atoms with Crippen LogP contribution in [0.25, 0.3) is 10.8 Å². The highest BCUT2D eigenvalue weighted by Crippen LogP contribution is 2.38. The molecule has 0 heterocycles. The monoisotopic (exact) mass is 427 g/mol. The van der Waals surface area contributed by atoms with E-state index < -0.39 is 12.0 Å². The molecule has 0 radical (unpaired) electrons. The number of hydrogen-bond acceptors (Lipinski definition) is 3. The van der Waals surface area contributed by atoms with E-state index in [4.69, 9.17) is 4.74 Å². The molecule has 3 aromatic rings. The lowest BCUT2D eigenvalue weighted by molar-refractivity contribution is -0.153. The van der Waals surface area contributed by atoms with E-state index in [0.29, 0.717) is 12.0 Å². The normalized spacial score (nSPS) is 19.1. The molecule has 4 nitrogen and oxygen atoms in total. The third kappa shape index (κ3) is 4.91. The van der Waals surface area contributed by atoms with Crippen LogP contribution in [-0.2, 0) is 9.53 Å². The molecule has 0 saturated heterocycles. The van der Waals surface area contributed by atoms with Gasteiger partial charge in [0, 0.05) is 11.5 Å². The van der Waals surface area contributed by atoms with Crippen molar-refractivity contribution in [3.05, 3.63) is 96.6 Å². The maximum Gasteiger partial charge on any atom is 0.329 e. The molecule has 4 rings (SSSR count). The van der Waals surface area contributed by atoms with Gasteiger partial charge in [0.25, 0.3) is 5.91 Å². The fourth-order valence-corrected chi connectivity index (χ4v) is 4.61. The van der Waals surface area contributed by atoms with Crippen LogP contribution in [0, 0.1) is 0 Å². The summed E-state index contributed by atoms with van der Waals surface area (Å²) in [5.41, 5.74) is 1.75. The third-order valence-electron chi connectivity index (χ3n) is 6.22. The van der Waals surface area contributed by atoms with Gasteiger partial charge in [-0.3, -0.25) is 4.79 Å². The molecule has 3 aromatic carbocycles. The molecule has 1 fully saturated rings. The van der Waals surface area contributed by atoms with Crippen LogP contribution in [0.3, 0.4) is 0 Å². The Morgan fingerprint density at radius 2 is 1.69 bits per heavy atom. The zero-order chi connectivity index (χ0) is 22.3. The Labute approximate surface area is 189 Å². The van der Waals surface area contributed by atoms with Crippen LogP contribution in [0.1, 0.15) is 53.9 Å². The third-order valence-corrected chi connectivity index (χ3v) is 6.22. The topological polar surface area (TPSA) is 55.4 Å². The second kappa shape index (κ2) is 10.3. The zero-order valence-electron chi connectivity index (χ0n) is 18.2. The Morgan fingerprint density at radius 1 is 0.969 bits per heavy atom. The van der Waals surface area contributed by atoms with Crippen molar-refractivity contribution in [3.63, 3.8) is 0 Å². The molecular formula is C28H29NO3. The number of carbonyl (C=O) groups excluding carboxylic acids is 2. The summed E-state index contributed by atoms with van der Waals surface area (Å²) in [6.45, 7) is 3.75. The second-order valence-corrected chi connectivity index (χ2v) is 8.35. The number of carbonyl (C=O) groups is 2. The van der Waals surface area contributed by atoms with E-state index in [1.165, 1.54) is 16.3 Å². The predicted octanol–water partition coefficient (Wildman–Crippen LogP) is 5.78. The summed E-state index contributed by atoms with van der Waals surface area (Å²) in [6.07, 6.45) is 5.71. The van der Waals surface area contributed by atoms with Crippen molar-refractivity contribution in [2.45, 2.75) is 50.2 Å². The second-order valence-electron chi connectivity index (χ2n) is 8.35. The van der Waals surface area contributed by atoms with Crippen LogP contribution >= 0.6 is 0 Å². The molecule has 164 valence electrons. The van der Waals surface area contributed by atoms with Crippen molar-refractivity contribution >= 4 is 22.6 Å². The standard InChI is InChI=1S/C28H29NO3/c1-2-11-25(29-27(30)21-13-4-3-5-14-21)28(31)32-26-19-9-8-17-24(26)23-18-10-15-20-12-6-7-16-22(20)23/h2-7,10,12-16,18,24-26H,1,8-9,11,17,19H2,(H,29,30)/t24-,25?,26+/m1/s1. The lowest BCUT2D eigenvalue weighted by Gasteiger charge is -2.33. The van der Waals surface area contributed by atoms with Crippen molar-refractivity contribution in [3.8, 4) is 0 Å². The van der Waals surface area contributed by atoms with Crippen molar-refractivity contribution in [1.29, 1.82) is 0 Å². The molecule has 3 atom stereocenters. The SMILES string of the molecule is C=CCC(NC(=O)c1ccccc1)C(=O)O[C@H]1CCCC[C@@H]1c1cccc2ccccc12. The number of fused-ring (bicyclic) bond motifs is 1. The van der Waals surface area contributed by atoms with E-state index in [0.717, 1.165) is 25.7 Å². The van der Waals surface area contributed by atoms with Gasteiger partial charge in [0.2, 0.25) is 0 Å². The molecule has 0 spiro atoms. The predicted molar refractivity (Wildman–Crippen MR) is 128 cm³/mol. The van der Waals surface area contributed by atoms with Crippen LogP contribution in [0.5, 0.6) is 0 Å². The Kier molecular flexibility index (Phi) is 7.00. The quantitative estimate of drug-likeness (QED) is 0.384. The van der Waals surface area contributed by atoms with Gasteiger partial charge in [-0.25, -0.2) is 4.79 Å². The average Bonchev–Trinajstić information content (AvgIpc) is 2.84. The molecule has 1 unspecified atom stereocenters. The van der Waals surface area contributed by atoms with E-state index >= 15 is 0 Å². The van der Waals surface area contributed by atoms with Gasteiger partial charge in [0.05, 0.1) is 0 Å². The fourth-order valence-electron chi connectivity index (χ4n) is 4.61. The molecule has 0 bridgehead atoms. The van der Waals surface area contributed by atoms with Gasteiger partial charge < -0.3 is 10.1 Å². The number of esters is 1. The van der Waals surface area contributed by atoms with Crippen molar-refractivity contribution in [2.24, 2.45) is 0 Å². The average molecular weight is 428 g/mol. The molecular weight excluding hydrogens is 398 g/mol. The van der Waals surface area contributed by atoms with Crippen molar-refractivity contribution in [1.82, 2.24) is 5.32 Å². The Balaban J connectivity index is 1.52. The fraction of sp³-hybridized carbons (Fsp3) is 0.286. The summed E-state index contributed by atoms with van der Waals surface area (Å²) >= 11 is 0. The lowest BCUT2D eigenvalue weighted by atomic mass is 9.80. The van der Waals surface area contributed by atoms with Crippen molar-refractivity contribution < 1.29 is 14.3 Å². The maximum absolute atomic E-state index is 13.1.